The van der Waals surface area contributed by atoms with Crippen LogP contribution in [0.5, 0.6) is 0 Å². The molecule has 0 atom stereocenters. The molecule has 2 heteroatoms. The van der Waals surface area contributed by atoms with E-state index in [9.17, 15) is 4.79 Å². The summed E-state index contributed by atoms with van der Waals surface area (Å²) in [5.74, 6) is 0.618. The number of esters is 1. The lowest BCUT2D eigenvalue weighted by molar-refractivity contribution is -0.146. The normalized spacial score (nSPS) is 26.8. The molecule has 0 aromatic rings. The predicted molar refractivity (Wildman–Crippen MR) is 70.7 cm³/mol. The number of rotatable bonds is 2. The van der Waals surface area contributed by atoms with Gasteiger partial charge in [-0.25, -0.2) is 4.79 Å². The summed E-state index contributed by atoms with van der Waals surface area (Å²) in [4.78, 5) is 11.6. The van der Waals surface area contributed by atoms with E-state index in [2.05, 4.69) is 20.8 Å². The fourth-order valence-electron chi connectivity index (χ4n) is 2.41. The molecule has 0 radical (unpaired) electrons. The van der Waals surface area contributed by atoms with Gasteiger partial charge in [-0.05, 0) is 50.9 Å². The van der Waals surface area contributed by atoms with Crippen LogP contribution in [0.2, 0.25) is 0 Å². The van der Waals surface area contributed by atoms with E-state index in [0.717, 1.165) is 18.8 Å². The van der Waals surface area contributed by atoms with E-state index in [0.29, 0.717) is 11.0 Å². The molecule has 2 nitrogen and oxygen atoms in total. The second-order valence-corrected chi connectivity index (χ2v) is 6.22. The molecule has 98 valence electrons. The Balaban J connectivity index is 2.41. The molecule has 0 unspecified atom stereocenters. The average molecular weight is 238 g/mol. The highest BCUT2D eigenvalue weighted by atomic mass is 16.5. The summed E-state index contributed by atoms with van der Waals surface area (Å²) in [6, 6.07) is 0. The van der Waals surface area contributed by atoms with E-state index in [1.54, 1.807) is 0 Å². The standard InChI is InChI=1S/C15H26O2/c1-6-11(2)14(16)17-13-9-7-12(8-10-13)15(3,4)5/h6,12-13H,7-10H2,1-5H3. The number of hydrogen-bond donors (Lipinski definition) is 0. The van der Waals surface area contributed by atoms with Gasteiger partial charge in [0.25, 0.3) is 0 Å². The SMILES string of the molecule is CC=C(C)C(=O)OC1CCC(C(C)(C)C)CC1. The Morgan fingerprint density at radius 1 is 1.18 bits per heavy atom. The Kier molecular flexibility index (Phi) is 4.79. The molecular weight excluding hydrogens is 212 g/mol. The van der Waals surface area contributed by atoms with Gasteiger partial charge in [0.05, 0.1) is 0 Å². The largest absolute Gasteiger partial charge is 0.459 e. The average Bonchev–Trinajstić information content (AvgIpc) is 2.27. The minimum atomic E-state index is -0.147. The Morgan fingerprint density at radius 2 is 1.71 bits per heavy atom. The molecule has 0 bridgehead atoms. The second kappa shape index (κ2) is 5.70. The van der Waals surface area contributed by atoms with Crippen molar-refractivity contribution in [3.63, 3.8) is 0 Å². The van der Waals surface area contributed by atoms with Crippen LogP contribution in [0, 0.1) is 11.3 Å². The maximum absolute atomic E-state index is 11.6. The number of carbonyl (C=O) groups is 1. The van der Waals surface area contributed by atoms with Crippen molar-refractivity contribution in [1.29, 1.82) is 0 Å². The maximum Gasteiger partial charge on any atom is 0.333 e. The lowest BCUT2D eigenvalue weighted by Crippen LogP contribution is -2.30. The summed E-state index contributed by atoms with van der Waals surface area (Å²) >= 11 is 0. The monoisotopic (exact) mass is 238 g/mol. The van der Waals surface area contributed by atoms with Crippen molar-refractivity contribution >= 4 is 5.97 Å². The summed E-state index contributed by atoms with van der Waals surface area (Å²) < 4.78 is 5.50. The first kappa shape index (κ1) is 14.3. The first-order valence-corrected chi connectivity index (χ1v) is 6.68. The molecule has 1 rings (SSSR count). The summed E-state index contributed by atoms with van der Waals surface area (Å²) in [5.41, 5.74) is 1.09. The topological polar surface area (TPSA) is 26.3 Å². The molecule has 0 spiro atoms. The van der Waals surface area contributed by atoms with E-state index in [4.69, 9.17) is 4.74 Å². The minimum Gasteiger partial charge on any atom is -0.459 e. The van der Waals surface area contributed by atoms with Crippen molar-refractivity contribution in [1.82, 2.24) is 0 Å². The molecule has 0 aromatic carbocycles. The van der Waals surface area contributed by atoms with Crippen LogP contribution >= 0.6 is 0 Å². The summed E-state index contributed by atoms with van der Waals surface area (Å²) in [6.07, 6.45) is 6.33. The van der Waals surface area contributed by atoms with Crippen molar-refractivity contribution in [2.75, 3.05) is 0 Å². The third-order valence-corrected chi connectivity index (χ3v) is 3.93. The Morgan fingerprint density at radius 3 is 2.12 bits per heavy atom. The van der Waals surface area contributed by atoms with Crippen molar-refractivity contribution in [3.8, 4) is 0 Å². The third-order valence-electron chi connectivity index (χ3n) is 3.93. The lowest BCUT2D eigenvalue weighted by atomic mass is 9.72. The first-order valence-electron chi connectivity index (χ1n) is 6.68. The molecule has 1 fully saturated rings. The molecule has 0 N–H and O–H groups in total. The number of hydrogen-bond acceptors (Lipinski definition) is 2. The van der Waals surface area contributed by atoms with Gasteiger partial charge in [-0.15, -0.1) is 0 Å². The fourth-order valence-corrected chi connectivity index (χ4v) is 2.41. The summed E-state index contributed by atoms with van der Waals surface area (Å²) in [6.45, 7) is 10.6. The summed E-state index contributed by atoms with van der Waals surface area (Å²) in [5, 5.41) is 0. The first-order chi connectivity index (χ1) is 7.84. The van der Waals surface area contributed by atoms with Crippen LogP contribution in [-0.2, 0) is 9.53 Å². The van der Waals surface area contributed by atoms with E-state index in [1.807, 2.05) is 19.9 Å². The van der Waals surface area contributed by atoms with Crippen LogP contribution in [0.1, 0.15) is 60.3 Å². The van der Waals surface area contributed by atoms with Crippen molar-refractivity contribution in [2.24, 2.45) is 11.3 Å². The van der Waals surface area contributed by atoms with E-state index >= 15 is 0 Å². The highest BCUT2D eigenvalue weighted by Crippen LogP contribution is 2.38. The van der Waals surface area contributed by atoms with Crippen LogP contribution in [-0.4, -0.2) is 12.1 Å². The molecule has 1 saturated carbocycles. The highest BCUT2D eigenvalue weighted by molar-refractivity contribution is 5.87. The van der Waals surface area contributed by atoms with Crippen molar-refractivity contribution in [2.45, 2.75) is 66.4 Å². The fraction of sp³-hybridized carbons (Fsp3) is 0.800. The highest BCUT2D eigenvalue weighted by Gasteiger charge is 2.31. The van der Waals surface area contributed by atoms with Gasteiger partial charge in [-0.1, -0.05) is 26.8 Å². The van der Waals surface area contributed by atoms with Crippen LogP contribution in [0.25, 0.3) is 0 Å². The lowest BCUT2D eigenvalue weighted by Gasteiger charge is -2.36. The smallest absolute Gasteiger partial charge is 0.333 e. The molecule has 0 saturated heterocycles. The zero-order chi connectivity index (χ0) is 13.1. The van der Waals surface area contributed by atoms with Gasteiger partial charge in [0, 0.05) is 5.57 Å². The zero-order valence-electron chi connectivity index (χ0n) is 11.9. The molecule has 1 aliphatic carbocycles. The molecule has 0 aliphatic heterocycles. The second-order valence-electron chi connectivity index (χ2n) is 6.22. The van der Waals surface area contributed by atoms with Gasteiger partial charge in [0.15, 0.2) is 0 Å². The summed E-state index contributed by atoms with van der Waals surface area (Å²) in [7, 11) is 0. The number of ether oxygens (including phenoxy) is 1. The van der Waals surface area contributed by atoms with Gasteiger partial charge in [0.1, 0.15) is 6.10 Å². The number of allylic oxidation sites excluding steroid dienone is 1. The van der Waals surface area contributed by atoms with Crippen LogP contribution < -0.4 is 0 Å². The van der Waals surface area contributed by atoms with Crippen LogP contribution in [0.3, 0.4) is 0 Å². The third kappa shape index (κ3) is 4.18. The Hall–Kier alpha value is -0.790. The van der Waals surface area contributed by atoms with Crippen molar-refractivity contribution < 1.29 is 9.53 Å². The molecular formula is C15H26O2. The van der Waals surface area contributed by atoms with Gasteiger partial charge in [-0.2, -0.15) is 0 Å². The van der Waals surface area contributed by atoms with Gasteiger partial charge >= 0.3 is 5.97 Å². The number of carbonyl (C=O) groups excluding carboxylic acids is 1. The molecule has 1 aliphatic rings. The molecule has 0 aromatic heterocycles. The van der Waals surface area contributed by atoms with Crippen molar-refractivity contribution in [3.05, 3.63) is 11.6 Å². The van der Waals surface area contributed by atoms with E-state index in [-0.39, 0.29) is 12.1 Å². The molecule has 17 heavy (non-hydrogen) atoms. The Bertz CT molecular complexity index is 289. The van der Waals surface area contributed by atoms with Gasteiger partial charge < -0.3 is 4.74 Å². The molecule has 0 amide bonds. The van der Waals surface area contributed by atoms with E-state index < -0.39 is 0 Å². The quantitative estimate of drug-likeness (QED) is 0.535. The van der Waals surface area contributed by atoms with Crippen LogP contribution in [0.4, 0.5) is 0 Å². The zero-order valence-corrected chi connectivity index (χ0v) is 11.9. The molecule has 0 heterocycles. The minimum absolute atomic E-state index is 0.135. The van der Waals surface area contributed by atoms with E-state index in [1.165, 1.54) is 12.8 Å². The Labute approximate surface area is 105 Å². The van der Waals surface area contributed by atoms with Gasteiger partial charge in [-0.3, -0.25) is 0 Å². The van der Waals surface area contributed by atoms with Gasteiger partial charge in [0.2, 0.25) is 0 Å². The maximum atomic E-state index is 11.6. The van der Waals surface area contributed by atoms with Crippen LogP contribution in [0.15, 0.2) is 11.6 Å². The predicted octanol–water partition coefficient (Wildman–Crippen LogP) is 4.10.